The minimum absolute atomic E-state index is 0. The van der Waals surface area contributed by atoms with Gasteiger partial charge in [0.25, 0.3) is 0 Å². The quantitative estimate of drug-likeness (QED) is 0.225. The van der Waals surface area contributed by atoms with Gasteiger partial charge in [0.05, 0.1) is 63.7 Å². The molecule has 0 unspecified atom stereocenters. The zero-order valence-corrected chi connectivity index (χ0v) is 10.7. The van der Waals surface area contributed by atoms with Gasteiger partial charge in [-0.1, -0.05) is 0 Å². The number of hydrogen-bond donors (Lipinski definition) is 6. The molecule has 0 saturated carbocycles. The molecule has 0 aliphatic rings. The van der Waals surface area contributed by atoms with Crippen molar-refractivity contribution in [3.8, 4) is 0 Å². The first-order valence-electron chi connectivity index (χ1n) is 5.30. The second-order valence-electron chi connectivity index (χ2n) is 4.44. The Morgan fingerprint density at radius 3 is 0.944 bits per heavy atom. The molecule has 0 aliphatic carbocycles. The third-order valence-electron chi connectivity index (χ3n) is 2.83. The van der Waals surface area contributed by atoms with Gasteiger partial charge in [-0.3, -0.25) is 0 Å². The van der Waals surface area contributed by atoms with E-state index in [-0.39, 0.29) is 32.1 Å². The molecule has 0 heterocycles. The van der Waals surface area contributed by atoms with Crippen molar-refractivity contribution < 1.29 is 35.4 Å². The van der Waals surface area contributed by atoms with E-state index >= 15 is 0 Å². The molecule has 0 rings (SSSR count). The van der Waals surface area contributed by atoms with E-state index in [1.165, 1.54) is 0 Å². The summed E-state index contributed by atoms with van der Waals surface area (Å²) in [6, 6.07) is 0. The fourth-order valence-electron chi connectivity index (χ4n) is 1.06. The average molecular weight is 261 g/mol. The summed E-state index contributed by atoms with van der Waals surface area (Å²) in [5.41, 5.74) is -2.32. The number of aliphatic hydroxyl groups is 6. The molecule has 7 nitrogen and oxygen atoms in total. The molecule has 0 aromatic carbocycles. The first-order chi connectivity index (χ1) is 8.07. The van der Waals surface area contributed by atoms with Gasteiger partial charge >= 0.3 is 0 Å². The third kappa shape index (κ3) is 5.53. The van der Waals surface area contributed by atoms with Crippen molar-refractivity contribution in [1.29, 1.82) is 0 Å². The van der Waals surface area contributed by atoms with Crippen molar-refractivity contribution in [2.45, 2.75) is 0 Å². The van der Waals surface area contributed by atoms with E-state index in [1.54, 1.807) is 0 Å². The molecule has 0 aromatic heterocycles. The summed E-state index contributed by atoms with van der Waals surface area (Å²) >= 11 is 0. The van der Waals surface area contributed by atoms with E-state index in [0.717, 1.165) is 0 Å². The molecule has 18 heavy (non-hydrogen) atoms. The van der Waals surface area contributed by atoms with E-state index < -0.39 is 50.5 Å². The van der Waals surface area contributed by atoms with Crippen molar-refractivity contribution in [3.05, 3.63) is 0 Å². The van der Waals surface area contributed by atoms with Crippen LogP contribution in [-0.2, 0) is 4.74 Å². The largest absolute Gasteiger partial charge is 0.396 e. The number of aliphatic hydroxyl groups excluding tert-OH is 6. The second kappa shape index (κ2) is 10.1. The van der Waals surface area contributed by atoms with Crippen molar-refractivity contribution in [1.82, 2.24) is 0 Å². The second-order valence-corrected chi connectivity index (χ2v) is 4.44. The van der Waals surface area contributed by atoms with Crippen molar-refractivity contribution >= 4 is 18.9 Å². The predicted octanol–water partition coefficient (Wildman–Crippen LogP) is -3.45. The van der Waals surface area contributed by atoms with Crippen molar-refractivity contribution in [2.75, 3.05) is 52.9 Å². The van der Waals surface area contributed by atoms with Crippen molar-refractivity contribution in [3.63, 3.8) is 0 Å². The molecule has 0 amide bonds. The molecular weight excluding hydrogens is 239 g/mol. The average Bonchev–Trinajstić information content (AvgIpc) is 2.41. The van der Waals surface area contributed by atoms with Gasteiger partial charge in [-0.2, -0.15) is 0 Å². The first-order valence-corrected chi connectivity index (χ1v) is 5.30. The Hall–Kier alpha value is 0.317. The minimum atomic E-state index is -1.16. The van der Waals surface area contributed by atoms with E-state index in [2.05, 4.69) is 0 Å². The monoisotopic (exact) mass is 261 g/mol. The molecule has 0 saturated heterocycles. The van der Waals surface area contributed by atoms with Crippen LogP contribution in [0.3, 0.4) is 0 Å². The summed E-state index contributed by atoms with van der Waals surface area (Å²) in [4.78, 5) is 0. The van der Waals surface area contributed by atoms with Gasteiger partial charge in [0.1, 0.15) is 0 Å². The van der Waals surface area contributed by atoms with E-state index in [1.807, 2.05) is 0 Å². The van der Waals surface area contributed by atoms with Gasteiger partial charge in [-0.15, -0.1) is 0 Å². The summed E-state index contributed by atoms with van der Waals surface area (Å²) in [7, 11) is 0. The van der Waals surface area contributed by atoms with Crippen LogP contribution in [0, 0.1) is 10.8 Å². The number of hydrogen-bond acceptors (Lipinski definition) is 7. The molecule has 6 N–H and O–H groups in total. The first kappa shape index (κ1) is 20.6. The maximum atomic E-state index is 9.03. The normalized spacial score (nSPS) is 12.3. The number of rotatable bonds is 10. The van der Waals surface area contributed by atoms with Crippen molar-refractivity contribution in [2.24, 2.45) is 10.8 Å². The molecule has 8 heteroatoms. The third-order valence-corrected chi connectivity index (χ3v) is 2.83. The van der Waals surface area contributed by atoms with Crippen LogP contribution in [-0.4, -0.2) is 102 Å². The Labute approximate surface area is 118 Å². The van der Waals surface area contributed by atoms with Gasteiger partial charge < -0.3 is 35.4 Å². The molecule has 0 aliphatic heterocycles. The summed E-state index contributed by atoms with van der Waals surface area (Å²) in [5.74, 6) is 0. The van der Waals surface area contributed by atoms with Crippen LogP contribution < -0.4 is 0 Å². The smallest absolute Gasteiger partial charge is 0.0629 e. The van der Waals surface area contributed by atoms with Gasteiger partial charge in [-0.05, 0) is 0 Å². The fraction of sp³-hybridized carbons (Fsp3) is 1.00. The van der Waals surface area contributed by atoms with Crippen LogP contribution in [0.5, 0.6) is 0 Å². The Balaban J connectivity index is 0. The van der Waals surface area contributed by atoms with Gasteiger partial charge in [-0.25, -0.2) is 0 Å². The van der Waals surface area contributed by atoms with E-state index in [0.29, 0.717) is 0 Å². The van der Waals surface area contributed by atoms with Gasteiger partial charge in [0.15, 0.2) is 0 Å². The molecular formula is C10H22LiO7. The number of ether oxygens (including phenoxy) is 1. The summed E-state index contributed by atoms with van der Waals surface area (Å²) in [6.45, 7) is -3.01. The Kier molecular flexibility index (Phi) is 11.6. The topological polar surface area (TPSA) is 131 Å². The molecule has 0 spiro atoms. The van der Waals surface area contributed by atoms with Gasteiger partial charge in [0.2, 0.25) is 0 Å². The van der Waals surface area contributed by atoms with Crippen LogP contribution in [0.15, 0.2) is 0 Å². The zero-order chi connectivity index (χ0) is 13.4. The zero-order valence-electron chi connectivity index (χ0n) is 10.7. The molecule has 0 fully saturated rings. The molecule has 105 valence electrons. The summed E-state index contributed by atoms with van der Waals surface area (Å²) < 4.78 is 5.15. The van der Waals surface area contributed by atoms with E-state index in [4.69, 9.17) is 35.4 Å². The predicted molar refractivity (Wildman–Crippen MR) is 64.0 cm³/mol. The standard InChI is InChI=1S/C10H22O7.Li/c11-1-9(2-12,3-13)7-17-8-10(4-14,5-15)6-16;/h11-16H,1-8H2;. The Bertz CT molecular complexity index is 158. The van der Waals surface area contributed by atoms with Crippen LogP contribution in [0.1, 0.15) is 0 Å². The van der Waals surface area contributed by atoms with Crippen LogP contribution >= 0.6 is 0 Å². The summed E-state index contributed by atoms with van der Waals surface area (Å²) in [5, 5.41) is 54.2. The van der Waals surface area contributed by atoms with Crippen LogP contribution in [0.4, 0.5) is 0 Å². The maximum Gasteiger partial charge on any atom is 0.0629 e. The van der Waals surface area contributed by atoms with E-state index in [9.17, 15) is 0 Å². The molecule has 0 aromatic rings. The Morgan fingerprint density at radius 2 is 0.778 bits per heavy atom. The molecule has 0 bridgehead atoms. The maximum absolute atomic E-state index is 9.03. The summed E-state index contributed by atoms with van der Waals surface area (Å²) in [6.07, 6.45) is 0. The fourth-order valence-corrected chi connectivity index (χ4v) is 1.06. The van der Waals surface area contributed by atoms with Crippen LogP contribution in [0.25, 0.3) is 0 Å². The minimum Gasteiger partial charge on any atom is -0.396 e. The van der Waals surface area contributed by atoms with Gasteiger partial charge in [0, 0.05) is 18.9 Å². The SMILES string of the molecule is OCC(CO)(CO)COCC(CO)(CO)CO.[Li]. The molecule has 0 atom stereocenters. The molecule has 1 radical (unpaired) electrons. The van der Waals surface area contributed by atoms with Crippen LogP contribution in [0.2, 0.25) is 0 Å². The Morgan fingerprint density at radius 1 is 0.556 bits per heavy atom.